The maximum Gasteiger partial charge on any atom is 0.0636 e. The number of hydrogen-bond donors (Lipinski definition) is 1. The zero-order chi connectivity index (χ0) is 7.40. The molecular weight excluding hydrogens is 128 g/mol. The molecule has 0 amide bonds. The fourth-order valence-corrected chi connectivity index (χ4v) is 1.21. The zero-order valence-corrected chi connectivity index (χ0v) is 6.76. The lowest BCUT2D eigenvalue weighted by Gasteiger charge is -2.22. The second kappa shape index (κ2) is 3.91. The van der Waals surface area contributed by atoms with E-state index in [1.54, 1.807) is 0 Å². The quantitative estimate of drug-likeness (QED) is 0.574. The van der Waals surface area contributed by atoms with Crippen molar-refractivity contribution >= 4 is 0 Å². The summed E-state index contributed by atoms with van der Waals surface area (Å²) in [7, 11) is 2.07. The molecule has 0 aromatic rings. The van der Waals surface area contributed by atoms with Gasteiger partial charge in [-0.1, -0.05) is 6.92 Å². The molecule has 0 aromatic heterocycles. The zero-order valence-electron chi connectivity index (χ0n) is 6.76. The van der Waals surface area contributed by atoms with E-state index in [2.05, 4.69) is 24.4 Å². The second-order valence-electron chi connectivity index (χ2n) is 2.64. The number of hydrogen-bond acceptors (Lipinski definition) is 3. The molecule has 1 rings (SSSR count). The van der Waals surface area contributed by atoms with Crippen molar-refractivity contribution < 1.29 is 4.74 Å². The molecule has 0 saturated carbocycles. The van der Waals surface area contributed by atoms with Crippen molar-refractivity contribution in [2.75, 3.05) is 26.8 Å². The highest BCUT2D eigenvalue weighted by Gasteiger charge is 2.18. The van der Waals surface area contributed by atoms with E-state index >= 15 is 0 Å². The molecule has 1 aliphatic heterocycles. The van der Waals surface area contributed by atoms with E-state index in [9.17, 15) is 0 Å². The summed E-state index contributed by atoms with van der Waals surface area (Å²) in [6.45, 7) is 4.89. The van der Waals surface area contributed by atoms with Gasteiger partial charge in [-0.05, 0) is 6.42 Å². The summed E-state index contributed by atoms with van der Waals surface area (Å²) in [5, 5.41) is 2.15. The predicted octanol–water partition coefficient (Wildman–Crippen LogP) is 0.232. The average Bonchev–Trinajstić information content (AvgIpc) is 2.38. The molecule has 1 heterocycles. The molecule has 1 aliphatic rings. The Morgan fingerprint density at radius 1 is 1.70 bits per heavy atom. The van der Waals surface area contributed by atoms with Gasteiger partial charge in [0.25, 0.3) is 0 Å². The van der Waals surface area contributed by atoms with Crippen molar-refractivity contribution in [3.8, 4) is 0 Å². The Kier molecular flexibility index (Phi) is 3.12. The van der Waals surface area contributed by atoms with Crippen molar-refractivity contribution in [2.45, 2.75) is 19.4 Å². The highest BCUT2D eigenvalue weighted by molar-refractivity contribution is 4.69. The number of likely N-dealkylation sites (N-methyl/N-ethyl adjacent to an activating group) is 1. The molecule has 0 bridgehead atoms. The van der Waals surface area contributed by atoms with Crippen LogP contribution in [0.1, 0.15) is 13.3 Å². The van der Waals surface area contributed by atoms with E-state index < -0.39 is 0 Å². The van der Waals surface area contributed by atoms with Gasteiger partial charge >= 0.3 is 0 Å². The van der Waals surface area contributed by atoms with Gasteiger partial charge in [0.1, 0.15) is 0 Å². The van der Waals surface area contributed by atoms with E-state index in [4.69, 9.17) is 4.74 Å². The molecule has 10 heavy (non-hydrogen) atoms. The SMILES string of the molecule is CCNN(C)[C@@H]1CCOC1. The molecular formula is C7H16N2O. The van der Waals surface area contributed by atoms with Crippen molar-refractivity contribution in [1.29, 1.82) is 0 Å². The second-order valence-corrected chi connectivity index (χ2v) is 2.64. The van der Waals surface area contributed by atoms with Crippen LogP contribution in [0.15, 0.2) is 0 Å². The minimum atomic E-state index is 0.583. The van der Waals surface area contributed by atoms with Gasteiger partial charge in [-0.2, -0.15) is 0 Å². The van der Waals surface area contributed by atoms with E-state index in [0.717, 1.165) is 26.2 Å². The Hall–Kier alpha value is -0.120. The molecule has 3 heteroatoms. The third kappa shape index (κ3) is 1.94. The van der Waals surface area contributed by atoms with Crippen LogP contribution in [0.5, 0.6) is 0 Å². The third-order valence-corrected chi connectivity index (χ3v) is 1.86. The number of nitrogens with one attached hydrogen (secondary N) is 1. The number of rotatable bonds is 3. The van der Waals surface area contributed by atoms with E-state index in [-0.39, 0.29) is 0 Å². The lowest BCUT2D eigenvalue weighted by molar-refractivity contribution is 0.129. The van der Waals surface area contributed by atoms with Gasteiger partial charge in [-0.3, -0.25) is 5.43 Å². The van der Waals surface area contributed by atoms with Crippen LogP contribution in [0, 0.1) is 0 Å². The molecule has 1 N–H and O–H groups in total. The van der Waals surface area contributed by atoms with Crippen LogP contribution in [-0.2, 0) is 4.74 Å². The first-order valence-corrected chi connectivity index (χ1v) is 3.88. The van der Waals surface area contributed by atoms with Crippen molar-refractivity contribution in [3.63, 3.8) is 0 Å². The van der Waals surface area contributed by atoms with Crippen LogP contribution in [-0.4, -0.2) is 37.9 Å². The highest BCUT2D eigenvalue weighted by Crippen LogP contribution is 2.07. The lowest BCUT2D eigenvalue weighted by atomic mass is 10.3. The summed E-state index contributed by atoms with van der Waals surface area (Å²) in [4.78, 5) is 0. The van der Waals surface area contributed by atoms with Gasteiger partial charge in [0.05, 0.1) is 6.61 Å². The highest BCUT2D eigenvalue weighted by atomic mass is 16.5. The molecule has 1 fully saturated rings. The van der Waals surface area contributed by atoms with Gasteiger partial charge < -0.3 is 4.74 Å². The Morgan fingerprint density at radius 3 is 3.00 bits per heavy atom. The minimum Gasteiger partial charge on any atom is -0.380 e. The van der Waals surface area contributed by atoms with Crippen LogP contribution >= 0.6 is 0 Å². The van der Waals surface area contributed by atoms with Crippen LogP contribution in [0.3, 0.4) is 0 Å². The molecule has 60 valence electrons. The summed E-state index contributed by atoms with van der Waals surface area (Å²) in [6, 6.07) is 0.583. The molecule has 1 saturated heterocycles. The molecule has 3 nitrogen and oxygen atoms in total. The van der Waals surface area contributed by atoms with Gasteiger partial charge in [0, 0.05) is 26.2 Å². The summed E-state index contributed by atoms with van der Waals surface area (Å²) in [5.41, 5.74) is 3.24. The van der Waals surface area contributed by atoms with Crippen LogP contribution < -0.4 is 5.43 Å². The maximum absolute atomic E-state index is 5.24. The van der Waals surface area contributed by atoms with Crippen LogP contribution in [0.2, 0.25) is 0 Å². The first kappa shape index (κ1) is 7.98. The minimum absolute atomic E-state index is 0.583. The Labute approximate surface area is 62.3 Å². The summed E-state index contributed by atoms with van der Waals surface area (Å²) in [5.74, 6) is 0. The number of hydrazine groups is 1. The third-order valence-electron chi connectivity index (χ3n) is 1.86. The Morgan fingerprint density at radius 2 is 2.50 bits per heavy atom. The Bertz CT molecular complexity index is 91.6. The van der Waals surface area contributed by atoms with Crippen molar-refractivity contribution in [2.24, 2.45) is 0 Å². The van der Waals surface area contributed by atoms with Crippen LogP contribution in [0.25, 0.3) is 0 Å². The van der Waals surface area contributed by atoms with E-state index in [1.807, 2.05) is 0 Å². The van der Waals surface area contributed by atoms with E-state index in [1.165, 1.54) is 0 Å². The summed E-state index contributed by atoms with van der Waals surface area (Å²) < 4.78 is 5.24. The standard InChI is InChI=1S/C7H16N2O/c1-3-8-9(2)7-4-5-10-6-7/h7-8H,3-6H2,1-2H3/t7-/m1/s1. The number of nitrogens with zero attached hydrogens (tertiary/aromatic N) is 1. The van der Waals surface area contributed by atoms with Crippen molar-refractivity contribution in [3.05, 3.63) is 0 Å². The lowest BCUT2D eigenvalue weighted by Crippen LogP contribution is -2.42. The van der Waals surface area contributed by atoms with Gasteiger partial charge in [-0.25, -0.2) is 5.01 Å². The van der Waals surface area contributed by atoms with Crippen LogP contribution in [0.4, 0.5) is 0 Å². The van der Waals surface area contributed by atoms with Gasteiger partial charge in [0.15, 0.2) is 0 Å². The summed E-state index contributed by atoms with van der Waals surface area (Å²) in [6.07, 6.45) is 1.16. The molecule has 0 aliphatic carbocycles. The molecule has 0 aromatic carbocycles. The predicted molar refractivity (Wildman–Crippen MR) is 40.7 cm³/mol. The molecule has 0 spiro atoms. The first-order valence-electron chi connectivity index (χ1n) is 3.88. The van der Waals surface area contributed by atoms with E-state index in [0.29, 0.717) is 6.04 Å². The van der Waals surface area contributed by atoms with Gasteiger partial charge in [0.2, 0.25) is 0 Å². The number of ether oxygens (including phenoxy) is 1. The van der Waals surface area contributed by atoms with Gasteiger partial charge in [-0.15, -0.1) is 0 Å². The topological polar surface area (TPSA) is 24.5 Å². The van der Waals surface area contributed by atoms with Crippen molar-refractivity contribution in [1.82, 2.24) is 10.4 Å². The Balaban J connectivity index is 2.18. The fraction of sp³-hybridized carbons (Fsp3) is 1.00. The largest absolute Gasteiger partial charge is 0.380 e. The fourth-order valence-electron chi connectivity index (χ4n) is 1.21. The summed E-state index contributed by atoms with van der Waals surface area (Å²) >= 11 is 0. The average molecular weight is 144 g/mol. The molecule has 0 radical (unpaired) electrons. The normalized spacial score (nSPS) is 26.1. The monoisotopic (exact) mass is 144 g/mol. The molecule has 1 atom stereocenters. The maximum atomic E-state index is 5.24. The smallest absolute Gasteiger partial charge is 0.0636 e. The molecule has 0 unspecified atom stereocenters. The first-order chi connectivity index (χ1) is 4.84.